The first-order chi connectivity index (χ1) is 8.46. The van der Waals surface area contributed by atoms with E-state index in [9.17, 15) is 13.2 Å². The summed E-state index contributed by atoms with van der Waals surface area (Å²) in [5.74, 6) is 0.298. The molecule has 0 radical (unpaired) electrons. The first-order valence-corrected chi connectivity index (χ1v) is 7.33. The molecule has 0 aromatic carbocycles. The Bertz CT molecular complexity index is 527. The molecule has 1 saturated heterocycles. The number of carbonyl (C=O) groups is 1. The van der Waals surface area contributed by atoms with Gasteiger partial charge in [0.05, 0.1) is 17.9 Å². The Morgan fingerprint density at radius 3 is 2.33 bits per heavy atom. The second kappa shape index (κ2) is 4.89. The van der Waals surface area contributed by atoms with Crippen molar-refractivity contribution >= 4 is 21.7 Å². The lowest BCUT2D eigenvalue weighted by Gasteiger charge is -2.26. The fraction of sp³-hybridized carbons (Fsp3) is 0.500. The van der Waals surface area contributed by atoms with Gasteiger partial charge in [-0.25, -0.2) is 18.4 Å². The average molecular weight is 270 g/mol. The van der Waals surface area contributed by atoms with E-state index in [1.807, 2.05) is 4.90 Å². The maximum Gasteiger partial charge on any atom is 0.225 e. The van der Waals surface area contributed by atoms with Gasteiger partial charge in [0.25, 0.3) is 0 Å². The van der Waals surface area contributed by atoms with Gasteiger partial charge < -0.3 is 10.6 Å². The highest BCUT2D eigenvalue weighted by Gasteiger charge is 2.23. The Balaban J connectivity index is 2.04. The molecule has 1 aliphatic rings. The van der Waals surface area contributed by atoms with Crippen LogP contribution in [0.3, 0.4) is 0 Å². The summed E-state index contributed by atoms with van der Waals surface area (Å²) in [6.07, 6.45) is 3.18. The van der Waals surface area contributed by atoms with Crippen LogP contribution >= 0.6 is 0 Å². The highest BCUT2D eigenvalue weighted by Crippen LogP contribution is 2.12. The predicted molar refractivity (Wildman–Crippen MR) is 65.8 cm³/mol. The summed E-state index contributed by atoms with van der Waals surface area (Å²) in [6.45, 7) is 0.801. The highest BCUT2D eigenvalue weighted by atomic mass is 32.2. The molecule has 2 N–H and O–H groups in total. The maximum atomic E-state index is 11.3. The fourth-order valence-electron chi connectivity index (χ4n) is 1.72. The van der Waals surface area contributed by atoms with Crippen LogP contribution in [0.2, 0.25) is 0 Å². The summed E-state index contributed by atoms with van der Waals surface area (Å²) >= 11 is 0. The molecule has 18 heavy (non-hydrogen) atoms. The molecule has 0 atom stereocenters. The van der Waals surface area contributed by atoms with Crippen molar-refractivity contribution < 1.29 is 13.2 Å². The second-order valence-corrected chi connectivity index (χ2v) is 6.48. The van der Waals surface area contributed by atoms with Gasteiger partial charge in [-0.1, -0.05) is 0 Å². The molecule has 1 aromatic heterocycles. The van der Waals surface area contributed by atoms with Crippen LogP contribution in [0, 0.1) is 0 Å². The lowest BCUT2D eigenvalue weighted by molar-refractivity contribution is -0.117. The highest BCUT2D eigenvalue weighted by molar-refractivity contribution is 7.91. The normalized spacial score (nSPS) is 18.6. The Hall–Kier alpha value is -1.70. The van der Waals surface area contributed by atoms with Crippen molar-refractivity contribution in [1.29, 1.82) is 0 Å². The summed E-state index contributed by atoms with van der Waals surface area (Å²) in [4.78, 5) is 20.8. The van der Waals surface area contributed by atoms with E-state index in [1.54, 1.807) is 0 Å². The lowest BCUT2D eigenvalue weighted by atomic mass is 10.2. The number of rotatable bonds is 3. The van der Waals surface area contributed by atoms with E-state index in [-0.39, 0.29) is 17.9 Å². The third-order valence-electron chi connectivity index (χ3n) is 2.70. The van der Waals surface area contributed by atoms with Crippen LogP contribution in [-0.2, 0) is 21.1 Å². The quantitative estimate of drug-likeness (QED) is 0.734. The summed E-state index contributed by atoms with van der Waals surface area (Å²) in [5, 5.41) is 0. The summed E-state index contributed by atoms with van der Waals surface area (Å²) in [6, 6.07) is 0. The van der Waals surface area contributed by atoms with Crippen molar-refractivity contribution in [2.75, 3.05) is 29.5 Å². The lowest BCUT2D eigenvalue weighted by Crippen LogP contribution is -2.41. The molecule has 0 unspecified atom stereocenters. The number of nitrogens with zero attached hydrogens (tertiary/aromatic N) is 3. The van der Waals surface area contributed by atoms with E-state index in [1.165, 1.54) is 12.4 Å². The summed E-state index contributed by atoms with van der Waals surface area (Å²) < 4.78 is 22.6. The third-order valence-corrected chi connectivity index (χ3v) is 4.31. The number of nitrogens with two attached hydrogens (primary N) is 1. The number of sulfone groups is 1. The molecule has 2 heterocycles. The molecule has 1 amide bonds. The monoisotopic (exact) mass is 270 g/mol. The number of hydrogen-bond donors (Lipinski definition) is 1. The van der Waals surface area contributed by atoms with Gasteiger partial charge in [-0.15, -0.1) is 0 Å². The van der Waals surface area contributed by atoms with Crippen molar-refractivity contribution in [2.45, 2.75) is 6.42 Å². The topological polar surface area (TPSA) is 106 Å². The zero-order chi connectivity index (χ0) is 13.2. The van der Waals surface area contributed by atoms with Crippen LogP contribution in [0.15, 0.2) is 12.4 Å². The van der Waals surface area contributed by atoms with Gasteiger partial charge in [0, 0.05) is 25.5 Å². The Labute approximate surface area is 105 Å². The summed E-state index contributed by atoms with van der Waals surface area (Å²) in [5.41, 5.74) is 5.71. The Kier molecular flexibility index (Phi) is 3.46. The number of anilines is 1. The van der Waals surface area contributed by atoms with Gasteiger partial charge in [-0.2, -0.15) is 0 Å². The van der Waals surface area contributed by atoms with E-state index in [4.69, 9.17) is 5.73 Å². The zero-order valence-corrected chi connectivity index (χ0v) is 10.6. The zero-order valence-electron chi connectivity index (χ0n) is 9.74. The molecule has 8 heteroatoms. The van der Waals surface area contributed by atoms with E-state index in [0.29, 0.717) is 24.6 Å². The average Bonchev–Trinajstić information content (AvgIpc) is 2.30. The van der Waals surface area contributed by atoms with E-state index < -0.39 is 15.7 Å². The molecule has 0 bridgehead atoms. The van der Waals surface area contributed by atoms with Gasteiger partial charge in [-0.3, -0.25) is 4.79 Å². The molecular formula is C10H14N4O3S. The van der Waals surface area contributed by atoms with Gasteiger partial charge in [-0.05, 0) is 5.56 Å². The van der Waals surface area contributed by atoms with Crippen LogP contribution in [-0.4, -0.2) is 48.9 Å². The molecular weight excluding hydrogens is 256 g/mol. The molecule has 98 valence electrons. The SMILES string of the molecule is NC(=O)Cc1cnc(N2CCS(=O)(=O)CC2)nc1. The van der Waals surface area contributed by atoms with Gasteiger partial charge in [0.2, 0.25) is 11.9 Å². The number of aromatic nitrogens is 2. The minimum absolute atomic E-state index is 0.106. The minimum Gasteiger partial charge on any atom is -0.369 e. The van der Waals surface area contributed by atoms with Crippen LogP contribution in [0.5, 0.6) is 0 Å². The molecule has 0 spiro atoms. The standard InChI is InChI=1S/C10H14N4O3S/c11-9(15)5-8-6-12-10(13-7-8)14-1-3-18(16,17)4-2-14/h6-7H,1-5H2,(H2,11,15). The molecule has 2 rings (SSSR count). The van der Waals surface area contributed by atoms with E-state index >= 15 is 0 Å². The number of primary amides is 1. The molecule has 1 aliphatic heterocycles. The molecule has 0 saturated carbocycles. The molecule has 7 nitrogen and oxygen atoms in total. The van der Waals surface area contributed by atoms with Crippen molar-refractivity contribution in [3.05, 3.63) is 18.0 Å². The Morgan fingerprint density at radius 2 is 1.83 bits per heavy atom. The molecule has 1 aromatic rings. The maximum absolute atomic E-state index is 11.3. The van der Waals surface area contributed by atoms with Gasteiger partial charge in [0.15, 0.2) is 9.84 Å². The van der Waals surface area contributed by atoms with Crippen molar-refractivity contribution in [3.8, 4) is 0 Å². The van der Waals surface area contributed by atoms with Crippen LogP contribution in [0.25, 0.3) is 0 Å². The number of carbonyl (C=O) groups excluding carboxylic acids is 1. The Morgan fingerprint density at radius 1 is 1.28 bits per heavy atom. The smallest absolute Gasteiger partial charge is 0.225 e. The molecule has 0 aliphatic carbocycles. The fourth-order valence-corrected chi connectivity index (χ4v) is 2.92. The van der Waals surface area contributed by atoms with Crippen LogP contribution in [0.4, 0.5) is 5.95 Å². The van der Waals surface area contributed by atoms with Gasteiger partial charge >= 0.3 is 0 Å². The third kappa shape index (κ3) is 3.16. The van der Waals surface area contributed by atoms with Gasteiger partial charge in [0.1, 0.15) is 0 Å². The van der Waals surface area contributed by atoms with Crippen molar-refractivity contribution in [3.63, 3.8) is 0 Å². The minimum atomic E-state index is -2.91. The first-order valence-electron chi connectivity index (χ1n) is 5.51. The van der Waals surface area contributed by atoms with Crippen LogP contribution < -0.4 is 10.6 Å². The van der Waals surface area contributed by atoms with E-state index in [2.05, 4.69) is 9.97 Å². The van der Waals surface area contributed by atoms with Crippen molar-refractivity contribution in [2.24, 2.45) is 5.73 Å². The second-order valence-electron chi connectivity index (χ2n) is 4.17. The van der Waals surface area contributed by atoms with Crippen molar-refractivity contribution in [1.82, 2.24) is 9.97 Å². The number of amides is 1. The predicted octanol–water partition coefficient (Wildman–Crippen LogP) is -1.26. The van der Waals surface area contributed by atoms with E-state index in [0.717, 1.165) is 0 Å². The largest absolute Gasteiger partial charge is 0.369 e. The summed E-state index contributed by atoms with van der Waals surface area (Å²) in [7, 11) is -2.91. The van der Waals surface area contributed by atoms with Crippen LogP contribution in [0.1, 0.15) is 5.56 Å². The number of hydrogen-bond acceptors (Lipinski definition) is 6. The molecule has 1 fully saturated rings. The first kappa shape index (κ1) is 12.7.